The first-order chi connectivity index (χ1) is 56.1. The molecule has 1 aromatic heterocycles. The standard InChI is InChI=1S/C57H40.C56H39N/c1-57(2)52-19-11-10-17-44(52)48-30-31-49-53(38-23-20-37(21-24-38)35-12-4-3-5-13-35)47-29-27-41(34-51(47)55(49)56(48)57)40-26-28-46-50(33-40)43-16-8-9-18-45(43)54(46)42-25-22-36-14-6-7-15-39(36)32-42;1-56(2)49-19-11-10-18-46(49)54-50(56)29-31-52-55(54)48-34-40(25-30-51(48)57(52)42-26-22-37(23-27-42)35-12-4-3-5-13-35)39-24-28-45-47(33-39)43-16-8-9-17-44(43)53(45)41-21-20-36-14-6-7-15-38(36)32-41/h3-34,53-54H,1-2H3;3-34,53H,1-2H3. The fourth-order valence-electron chi connectivity index (χ4n) is 21.1. The van der Waals surface area contributed by atoms with Crippen LogP contribution in [-0.4, -0.2) is 4.57 Å². The van der Waals surface area contributed by atoms with Gasteiger partial charge in [-0.3, -0.25) is 0 Å². The first-order valence-electron chi connectivity index (χ1n) is 40.4. The van der Waals surface area contributed by atoms with Crippen LogP contribution in [0.4, 0.5) is 0 Å². The Kier molecular flexibility index (Phi) is 14.7. The zero-order valence-corrected chi connectivity index (χ0v) is 64.1. The fourth-order valence-corrected chi connectivity index (χ4v) is 21.1. The molecule has 1 nitrogen and oxygen atoms in total. The molecule has 3 unspecified atom stereocenters. The SMILES string of the molecule is CC1(C)c2ccccc2-c2c1ccc1c2c2cc(-c3ccc4c(c3)-c3ccccc3C4c3ccc4ccccc4c3)ccc2n1-c1ccc(-c2ccccc2)cc1.CC1(C)c2ccccc2-c2ccc3c(c21)-c1cc(-c2ccc4c(c2)-c2ccccc2C4c2ccc4ccccc4c2)ccc1C3c1ccc(-c2ccccc2)cc1. The molecule has 0 saturated heterocycles. The summed E-state index contributed by atoms with van der Waals surface area (Å²) >= 11 is 0. The minimum absolute atomic E-state index is 0.0849. The third-order valence-corrected chi connectivity index (χ3v) is 26.5. The van der Waals surface area contributed by atoms with E-state index in [1.165, 1.54) is 222 Å². The van der Waals surface area contributed by atoms with Crippen LogP contribution in [0.2, 0.25) is 0 Å². The van der Waals surface area contributed by atoms with Gasteiger partial charge in [-0.25, -0.2) is 0 Å². The Balaban J connectivity index is 0.000000135. The summed E-state index contributed by atoms with van der Waals surface area (Å²) in [6.07, 6.45) is 0. The van der Waals surface area contributed by atoms with Gasteiger partial charge in [0.1, 0.15) is 0 Å². The molecule has 5 aliphatic carbocycles. The summed E-state index contributed by atoms with van der Waals surface area (Å²) in [5.41, 5.74) is 45.0. The lowest BCUT2D eigenvalue weighted by atomic mass is 9.78. The van der Waals surface area contributed by atoms with Gasteiger partial charge in [0.2, 0.25) is 0 Å². The van der Waals surface area contributed by atoms with Crippen molar-refractivity contribution in [3.05, 3.63) is 461 Å². The van der Waals surface area contributed by atoms with Gasteiger partial charge < -0.3 is 4.57 Å². The topological polar surface area (TPSA) is 4.93 Å². The van der Waals surface area contributed by atoms with E-state index in [1.807, 2.05) is 0 Å². The molecule has 0 bridgehead atoms. The van der Waals surface area contributed by atoms with Gasteiger partial charge in [0, 0.05) is 45.0 Å². The molecule has 0 N–H and O–H groups in total. The smallest absolute Gasteiger partial charge is 0.0547 e. The van der Waals surface area contributed by atoms with E-state index in [2.05, 4.69) is 421 Å². The predicted octanol–water partition coefficient (Wildman–Crippen LogP) is 29.5. The first kappa shape index (κ1) is 66.1. The molecule has 0 aliphatic heterocycles. The number of hydrogen-bond donors (Lipinski definition) is 0. The largest absolute Gasteiger partial charge is 0.309 e. The van der Waals surface area contributed by atoms with Crippen molar-refractivity contribution < 1.29 is 0 Å². The number of benzene rings is 18. The Bertz CT molecular complexity index is 7210. The highest BCUT2D eigenvalue weighted by molar-refractivity contribution is 6.19. The summed E-state index contributed by atoms with van der Waals surface area (Å²) in [4.78, 5) is 0. The van der Waals surface area contributed by atoms with Crippen LogP contribution in [0, 0.1) is 0 Å². The highest BCUT2D eigenvalue weighted by atomic mass is 15.0. The Morgan fingerprint density at radius 3 is 1.20 bits per heavy atom. The molecule has 1 heterocycles. The minimum atomic E-state index is -0.119. The molecule has 0 saturated carbocycles. The highest BCUT2D eigenvalue weighted by Gasteiger charge is 2.44. The maximum absolute atomic E-state index is 2.51. The number of nitrogens with zero attached hydrogens (tertiary/aromatic N) is 1. The number of fused-ring (bicyclic) bond motifs is 22. The van der Waals surface area contributed by atoms with E-state index in [0.29, 0.717) is 0 Å². The second kappa shape index (κ2) is 25.4. The van der Waals surface area contributed by atoms with Gasteiger partial charge in [-0.05, 0) is 243 Å². The van der Waals surface area contributed by atoms with E-state index < -0.39 is 0 Å². The predicted molar refractivity (Wildman–Crippen MR) is 478 cm³/mol. The van der Waals surface area contributed by atoms with Crippen molar-refractivity contribution in [2.24, 2.45) is 0 Å². The molecule has 18 aromatic carbocycles. The third-order valence-electron chi connectivity index (χ3n) is 26.5. The van der Waals surface area contributed by atoms with Gasteiger partial charge >= 0.3 is 0 Å². The summed E-state index contributed by atoms with van der Waals surface area (Å²) in [5, 5.41) is 7.76. The Morgan fingerprint density at radius 2 is 0.623 bits per heavy atom. The van der Waals surface area contributed by atoms with Crippen LogP contribution < -0.4 is 0 Å². The van der Waals surface area contributed by atoms with Crippen LogP contribution in [0.5, 0.6) is 0 Å². The lowest BCUT2D eigenvalue weighted by Crippen LogP contribution is -2.16. The van der Waals surface area contributed by atoms with Crippen molar-refractivity contribution >= 4 is 43.4 Å². The molecule has 1 heteroatoms. The van der Waals surface area contributed by atoms with E-state index in [0.717, 1.165) is 0 Å². The van der Waals surface area contributed by atoms with Gasteiger partial charge in [-0.1, -0.05) is 367 Å². The molecular formula is C113H79N. The van der Waals surface area contributed by atoms with E-state index in [-0.39, 0.29) is 28.6 Å². The summed E-state index contributed by atoms with van der Waals surface area (Å²) in [7, 11) is 0. The zero-order chi connectivity index (χ0) is 75.7. The number of aromatic nitrogens is 1. The average Bonchev–Trinajstić information content (AvgIpc) is 1.56. The highest BCUT2D eigenvalue weighted by Crippen LogP contribution is 2.61. The summed E-state index contributed by atoms with van der Waals surface area (Å²) in [6, 6.07) is 146. The van der Waals surface area contributed by atoms with E-state index in [4.69, 9.17) is 0 Å². The quantitative estimate of drug-likeness (QED) is 0.143. The Labute approximate surface area is 666 Å². The van der Waals surface area contributed by atoms with Gasteiger partial charge in [0.05, 0.1) is 11.0 Å². The maximum atomic E-state index is 2.51. The normalized spacial score (nSPS) is 15.6. The number of rotatable bonds is 8. The van der Waals surface area contributed by atoms with Gasteiger partial charge in [-0.15, -0.1) is 0 Å². The fraction of sp³-hybridized carbons (Fsp3) is 0.0796. The molecular weight excluding hydrogens is 1370 g/mol. The lowest BCUT2D eigenvalue weighted by molar-refractivity contribution is 0.661. The number of hydrogen-bond acceptors (Lipinski definition) is 0. The molecule has 536 valence electrons. The van der Waals surface area contributed by atoms with Crippen molar-refractivity contribution in [3.63, 3.8) is 0 Å². The minimum Gasteiger partial charge on any atom is -0.309 e. The van der Waals surface area contributed by atoms with Crippen LogP contribution in [-0.2, 0) is 10.8 Å². The summed E-state index contributed by atoms with van der Waals surface area (Å²) < 4.78 is 2.48. The Hall–Kier alpha value is -13.7. The van der Waals surface area contributed by atoms with Crippen molar-refractivity contribution in [2.75, 3.05) is 0 Å². The van der Waals surface area contributed by atoms with Crippen molar-refractivity contribution in [2.45, 2.75) is 56.3 Å². The molecule has 0 radical (unpaired) electrons. The average molecular weight is 1450 g/mol. The monoisotopic (exact) mass is 1450 g/mol. The molecule has 5 aliphatic rings. The second-order valence-corrected chi connectivity index (χ2v) is 33.2. The molecule has 0 spiro atoms. The molecule has 0 amide bonds. The van der Waals surface area contributed by atoms with Crippen LogP contribution >= 0.6 is 0 Å². The van der Waals surface area contributed by atoms with Crippen LogP contribution in [0.1, 0.15) is 118 Å². The van der Waals surface area contributed by atoms with E-state index >= 15 is 0 Å². The van der Waals surface area contributed by atoms with Crippen LogP contribution in [0.15, 0.2) is 388 Å². The molecule has 19 aromatic rings. The summed E-state index contributed by atoms with van der Waals surface area (Å²) in [5.74, 6) is 0.574. The molecule has 24 rings (SSSR count). The summed E-state index contributed by atoms with van der Waals surface area (Å²) in [6.45, 7) is 9.61. The molecule has 114 heavy (non-hydrogen) atoms. The second-order valence-electron chi connectivity index (χ2n) is 33.2. The van der Waals surface area contributed by atoms with Crippen LogP contribution in [0.3, 0.4) is 0 Å². The van der Waals surface area contributed by atoms with Crippen molar-refractivity contribution in [3.8, 4) is 106 Å². The molecule has 3 atom stereocenters. The van der Waals surface area contributed by atoms with E-state index in [9.17, 15) is 0 Å². The van der Waals surface area contributed by atoms with Crippen molar-refractivity contribution in [1.82, 2.24) is 4.57 Å². The maximum Gasteiger partial charge on any atom is 0.0547 e. The third kappa shape index (κ3) is 10.0. The van der Waals surface area contributed by atoms with Crippen LogP contribution in [0.25, 0.3) is 149 Å². The lowest BCUT2D eigenvalue weighted by Gasteiger charge is -2.25. The van der Waals surface area contributed by atoms with Gasteiger partial charge in [0.25, 0.3) is 0 Å². The molecule has 0 fully saturated rings. The zero-order valence-electron chi connectivity index (χ0n) is 64.1. The van der Waals surface area contributed by atoms with Gasteiger partial charge in [0.15, 0.2) is 0 Å². The Morgan fingerprint density at radius 1 is 0.219 bits per heavy atom. The first-order valence-corrected chi connectivity index (χ1v) is 40.4. The van der Waals surface area contributed by atoms with Gasteiger partial charge in [-0.2, -0.15) is 0 Å². The van der Waals surface area contributed by atoms with Crippen molar-refractivity contribution in [1.29, 1.82) is 0 Å². The van der Waals surface area contributed by atoms with E-state index in [1.54, 1.807) is 0 Å².